The van der Waals surface area contributed by atoms with Gasteiger partial charge in [-0.3, -0.25) is 4.90 Å². The molecule has 466 valence electrons. The third-order valence-corrected chi connectivity index (χ3v) is 24.3. The summed E-state index contributed by atoms with van der Waals surface area (Å²) in [5.74, 6) is 1.62. The molecule has 1 spiro atoms. The maximum atomic E-state index is 9.43. The predicted octanol–water partition coefficient (Wildman–Crippen LogP) is 21.1. The van der Waals surface area contributed by atoms with Crippen molar-refractivity contribution >= 4 is 68.8 Å². The number of rotatable bonds is 8. The highest BCUT2D eigenvalue weighted by atomic mass is 28.3. The van der Waals surface area contributed by atoms with E-state index >= 15 is 0 Å². The molecule has 11 aromatic rings. The highest BCUT2D eigenvalue weighted by Crippen LogP contribution is 2.52. The van der Waals surface area contributed by atoms with Crippen molar-refractivity contribution in [2.75, 3.05) is 21.4 Å². The fourth-order valence-corrected chi connectivity index (χ4v) is 19.7. The van der Waals surface area contributed by atoms with Gasteiger partial charge < -0.3 is 14.5 Å². The van der Waals surface area contributed by atoms with Gasteiger partial charge in [-0.15, -0.1) is 0 Å². The molecule has 0 N–H and O–H groups in total. The Labute approximate surface area is 565 Å². The van der Waals surface area contributed by atoms with Crippen molar-refractivity contribution in [2.24, 2.45) is 0 Å². The summed E-state index contributed by atoms with van der Waals surface area (Å²) in [6, 6.07) is 66.6. The Balaban J connectivity index is 0.942. The van der Waals surface area contributed by atoms with Gasteiger partial charge in [0.25, 0.3) is 0 Å². The SMILES string of the molecule is [2H]c1c([2H])c([2H])c(-c2cccc(-c3cc(C(C)(C)C)cc(C(C)(C)C)c3)c2N2CN(c3cccc(Oc4ccc5c(c4)N(c4cc(C([2H])([2H])[2H])c(-c6ccc(C(C)(C)C)cc6)cn4)c4ccccc4[Si]54c5cc(C(C)(C)C)ccc5-c5ccc(C(C)(C)C)cc54)c3)c3ccccc32)c([2H])c1[2H]. The molecule has 0 saturated carbocycles. The first-order valence-corrected chi connectivity index (χ1v) is 34.7. The van der Waals surface area contributed by atoms with Gasteiger partial charge in [0.2, 0.25) is 0 Å². The van der Waals surface area contributed by atoms with Crippen molar-refractivity contribution in [3.05, 3.63) is 264 Å². The lowest BCUT2D eigenvalue weighted by Crippen LogP contribution is -2.75. The topological polar surface area (TPSA) is 31.8 Å². The number of hydrogen-bond donors (Lipinski definition) is 0. The molecule has 3 aliphatic rings. The van der Waals surface area contributed by atoms with E-state index in [-0.39, 0.29) is 50.3 Å². The minimum absolute atomic E-state index is 0.0965. The second-order valence-electron chi connectivity index (χ2n) is 30.8. The summed E-state index contributed by atoms with van der Waals surface area (Å²) in [7, 11) is -3.33. The zero-order valence-electron chi connectivity index (χ0n) is 64.5. The van der Waals surface area contributed by atoms with Gasteiger partial charge in [-0.25, -0.2) is 4.98 Å². The lowest BCUT2D eigenvalue weighted by molar-refractivity contribution is 0.483. The molecule has 1 aromatic heterocycles. The van der Waals surface area contributed by atoms with Crippen LogP contribution in [0.3, 0.4) is 0 Å². The number of pyridine rings is 1. The van der Waals surface area contributed by atoms with E-state index < -0.39 is 33.1 Å². The van der Waals surface area contributed by atoms with Gasteiger partial charge in [-0.2, -0.15) is 0 Å². The van der Waals surface area contributed by atoms with Crippen molar-refractivity contribution < 1.29 is 15.7 Å². The molecule has 4 heterocycles. The van der Waals surface area contributed by atoms with Gasteiger partial charge >= 0.3 is 0 Å². The van der Waals surface area contributed by atoms with Crippen LogP contribution in [0, 0.1) is 6.85 Å². The number of benzene rings is 10. The molecule has 3 aliphatic heterocycles. The summed E-state index contributed by atoms with van der Waals surface area (Å²) in [5, 5.41) is 4.93. The summed E-state index contributed by atoms with van der Waals surface area (Å²) in [5.41, 5.74) is 16.6. The Hall–Kier alpha value is -9.23. The van der Waals surface area contributed by atoms with Gasteiger partial charge in [0.15, 0.2) is 8.07 Å². The molecule has 0 atom stereocenters. The Morgan fingerprint density at radius 3 is 1.54 bits per heavy atom. The van der Waals surface area contributed by atoms with E-state index in [2.05, 4.69) is 258 Å². The Kier molecular flexibility index (Phi) is 12.5. The van der Waals surface area contributed by atoms with Crippen molar-refractivity contribution in [3.8, 4) is 56.0 Å². The fraction of sp³-hybridized carbons (Fsp3) is 0.253. The van der Waals surface area contributed by atoms with E-state index in [4.69, 9.17) is 13.8 Å². The molecular weight excluding hydrogens is 1150 g/mol. The van der Waals surface area contributed by atoms with E-state index in [1.54, 1.807) is 12.3 Å². The minimum Gasteiger partial charge on any atom is -0.457 e. The lowest BCUT2D eigenvalue weighted by atomic mass is 9.78. The van der Waals surface area contributed by atoms with Gasteiger partial charge in [-0.05, 0) is 158 Å². The van der Waals surface area contributed by atoms with Crippen LogP contribution in [0.1, 0.15) is 148 Å². The first kappa shape index (κ1) is 52.3. The molecule has 10 aromatic carbocycles. The highest BCUT2D eigenvalue weighted by molar-refractivity contribution is 7.23. The summed E-state index contributed by atoms with van der Waals surface area (Å²) in [6.45, 7) is 31.3. The maximum Gasteiger partial charge on any atom is 0.185 e. The first-order valence-electron chi connectivity index (χ1n) is 36.7. The Morgan fingerprint density at radius 1 is 0.398 bits per heavy atom. The third kappa shape index (κ3) is 10.7. The van der Waals surface area contributed by atoms with Gasteiger partial charge in [-0.1, -0.05) is 274 Å². The van der Waals surface area contributed by atoms with Crippen LogP contribution in [0.25, 0.3) is 44.5 Å². The Morgan fingerprint density at radius 2 is 0.935 bits per heavy atom. The van der Waals surface area contributed by atoms with Crippen LogP contribution >= 0.6 is 0 Å². The number of hydrogen-bond acceptors (Lipinski definition) is 5. The molecule has 0 aliphatic carbocycles. The van der Waals surface area contributed by atoms with Crippen LogP contribution < -0.4 is 40.2 Å². The van der Waals surface area contributed by atoms with Crippen molar-refractivity contribution in [3.63, 3.8) is 0 Å². The average Bonchev–Trinajstić information content (AvgIpc) is 1.56. The predicted molar refractivity (Wildman–Crippen MR) is 398 cm³/mol. The molecular formula is C87H88N4OSi. The average molecular weight is 1240 g/mol. The molecule has 0 saturated heterocycles. The molecule has 0 fully saturated rings. The zero-order valence-corrected chi connectivity index (χ0v) is 57.5. The fourth-order valence-electron chi connectivity index (χ4n) is 14.1. The summed E-state index contributed by atoms with van der Waals surface area (Å²) < 4.78 is 80.1. The molecule has 5 nitrogen and oxygen atoms in total. The Bertz CT molecular complexity index is 5050. The van der Waals surface area contributed by atoms with Crippen LogP contribution in [-0.4, -0.2) is 19.7 Å². The van der Waals surface area contributed by atoms with Crippen LogP contribution in [0.2, 0.25) is 0 Å². The standard InChI is InChI=1S/C87H88N4OSi/c1-56-46-81(88-54-72(56)58-36-38-60(39-37-58)83(2,3)4)91-75-34-22-23-35-77(75)93(79-50-61(84(5,6)7)40-43-70(79)71-44-41-62(51-80(71)93)85(8,9)10)78-45-42-67(53-76(78)91)92-66-29-24-28-65(52-66)89-55-90(74-33-21-20-32-73(74)89)82-68(57-26-18-17-19-27-57)30-25-31-69(82)59-47-63(86(11,12)13)49-64(48-59)87(14,15)16/h17-54H,55H2,1-16H3/i1D3,17D,18D,19D,26D,27D. The second kappa shape index (κ2) is 22.2. The highest BCUT2D eigenvalue weighted by Gasteiger charge is 2.55. The van der Waals surface area contributed by atoms with Crippen molar-refractivity contribution in [1.29, 1.82) is 0 Å². The molecule has 0 unspecified atom stereocenters. The van der Waals surface area contributed by atoms with Crippen molar-refractivity contribution in [2.45, 2.75) is 138 Å². The first-order chi connectivity index (χ1) is 47.4. The number of nitrogens with zero attached hydrogens (tertiary/aromatic N) is 4. The smallest absolute Gasteiger partial charge is 0.185 e. The summed E-state index contributed by atoms with van der Waals surface area (Å²) in [6.07, 6.45) is 1.74. The number of para-hydroxylation sites is 4. The van der Waals surface area contributed by atoms with E-state index in [0.717, 1.165) is 67.0 Å². The summed E-state index contributed by atoms with van der Waals surface area (Å²) in [4.78, 5) is 12.0. The van der Waals surface area contributed by atoms with Gasteiger partial charge in [0, 0.05) is 50.5 Å². The molecule has 0 amide bonds. The van der Waals surface area contributed by atoms with Gasteiger partial charge in [0.05, 0.1) is 29.6 Å². The van der Waals surface area contributed by atoms with E-state index in [1.165, 1.54) is 37.8 Å². The molecule has 14 rings (SSSR count). The quantitative estimate of drug-likeness (QED) is 0.142. The summed E-state index contributed by atoms with van der Waals surface area (Å²) >= 11 is 0. The number of anilines is 7. The van der Waals surface area contributed by atoms with Gasteiger partial charge in [0.1, 0.15) is 24.0 Å². The number of aryl methyl sites for hydroxylation is 1. The van der Waals surface area contributed by atoms with Crippen molar-refractivity contribution in [1.82, 2.24) is 4.98 Å². The largest absolute Gasteiger partial charge is 0.457 e. The minimum atomic E-state index is -3.33. The molecule has 93 heavy (non-hydrogen) atoms. The lowest BCUT2D eigenvalue weighted by Gasteiger charge is -2.43. The zero-order chi connectivity index (χ0) is 72.2. The number of fused-ring (bicyclic) bond motifs is 10. The van der Waals surface area contributed by atoms with E-state index in [0.29, 0.717) is 40.8 Å². The third-order valence-electron chi connectivity index (χ3n) is 19.4. The maximum absolute atomic E-state index is 9.43. The molecule has 0 radical (unpaired) electrons. The van der Waals surface area contributed by atoms with Crippen LogP contribution in [0.4, 0.5) is 39.9 Å². The van der Waals surface area contributed by atoms with E-state index in [1.807, 2.05) is 48.5 Å². The van der Waals surface area contributed by atoms with Crippen LogP contribution in [-0.2, 0) is 27.1 Å². The monoisotopic (exact) mass is 1240 g/mol. The second-order valence-corrected chi connectivity index (χ2v) is 34.5. The molecule has 6 heteroatoms. The van der Waals surface area contributed by atoms with Crippen LogP contribution in [0.15, 0.2) is 231 Å². The van der Waals surface area contributed by atoms with E-state index in [9.17, 15) is 6.85 Å². The van der Waals surface area contributed by atoms with Crippen LogP contribution in [0.5, 0.6) is 11.5 Å². The number of aromatic nitrogens is 1. The molecule has 0 bridgehead atoms. The normalized spacial score (nSPS) is 15.6. The number of ether oxygens (including phenoxy) is 1.